The number of nitrogens with one attached hydrogen (secondary N) is 2. The number of hydrogen-bond donors (Lipinski definition) is 10. The first kappa shape index (κ1) is 48.6. The molecule has 0 aliphatic carbocycles. The third-order valence-corrected chi connectivity index (χ3v) is 13.0. The Morgan fingerprint density at radius 1 is 1.10 bits per heavy atom. The molecule has 2 aromatic heterocycles. The number of β-lactam (4-membered cyclic amide) rings is 1. The number of carbonyl (C=O) groups excluding carboxylic acids is 4. The molecule has 61 heavy (non-hydrogen) atoms. The number of carbonyl (C=O) groups is 4. The summed E-state index contributed by atoms with van der Waals surface area (Å²) in [5.41, 5.74) is 4.19. The Kier molecular flexibility index (Phi) is 15.5. The molecule has 9 atom stereocenters. The zero-order chi connectivity index (χ0) is 45.1. The van der Waals surface area contributed by atoms with Gasteiger partial charge in [0.1, 0.15) is 42.0 Å². The van der Waals surface area contributed by atoms with Crippen molar-refractivity contribution in [3.8, 4) is 0 Å². The van der Waals surface area contributed by atoms with E-state index >= 15 is 0 Å². The van der Waals surface area contributed by atoms with Gasteiger partial charge in [0.05, 0.1) is 32.6 Å². The van der Waals surface area contributed by atoms with Crippen LogP contribution in [-0.4, -0.2) is 157 Å². The summed E-state index contributed by atoms with van der Waals surface area (Å²) in [4.78, 5) is 102. The van der Waals surface area contributed by atoms with Gasteiger partial charge in [-0.3, -0.25) is 42.2 Å². The maximum absolute atomic E-state index is 12.7. The third kappa shape index (κ3) is 12.2. The molecule has 0 radical (unpaired) electrons. The van der Waals surface area contributed by atoms with E-state index in [-0.39, 0.29) is 66.9 Å². The second-order valence-electron chi connectivity index (χ2n) is 14.0. The predicted molar refractivity (Wildman–Crippen MR) is 202 cm³/mol. The summed E-state index contributed by atoms with van der Waals surface area (Å²) >= 11 is 0.842. The van der Waals surface area contributed by atoms with Crippen LogP contribution >= 0.6 is 35.2 Å². The number of aromatic nitrogens is 4. The molecule has 5 rings (SSSR count). The van der Waals surface area contributed by atoms with Crippen molar-refractivity contribution in [3.63, 3.8) is 0 Å². The van der Waals surface area contributed by atoms with Crippen LogP contribution in [0, 0.1) is 5.41 Å². The Morgan fingerprint density at radius 3 is 2.48 bits per heavy atom. The van der Waals surface area contributed by atoms with Crippen LogP contribution in [0.4, 0.5) is 5.82 Å². The van der Waals surface area contributed by atoms with Crippen molar-refractivity contribution >= 4 is 75.0 Å². The lowest BCUT2D eigenvalue weighted by Crippen LogP contribution is -2.54. The minimum Gasteiger partial charge on any atom is -0.472 e. The Balaban J connectivity index is 1.04. The van der Waals surface area contributed by atoms with E-state index in [2.05, 4.69) is 34.4 Å². The molecule has 3 amide bonds. The lowest BCUT2D eigenvalue weighted by Gasteiger charge is -2.34. The first-order valence-corrected chi connectivity index (χ1v) is 23.3. The fraction of sp³-hybridized carbons (Fsp3) is 0.621. The normalized spacial score (nSPS) is 26.0. The summed E-state index contributed by atoms with van der Waals surface area (Å²) in [6.07, 6.45) is -6.28. The number of aliphatic hydroxyl groups excluding tert-OH is 3. The highest BCUT2D eigenvalue weighted by Gasteiger charge is 2.53. The van der Waals surface area contributed by atoms with Crippen LogP contribution in [0.3, 0.4) is 0 Å². The van der Waals surface area contributed by atoms with E-state index in [0.29, 0.717) is 0 Å². The second-order valence-corrected chi connectivity index (χ2v) is 19.3. The highest BCUT2D eigenvalue weighted by Crippen LogP contribution is 2.61. The molecule has 3 aliphatic rings. The van der Waals surface area contributed by atoms with Gasteiger partial charge in [0.15, 0.2) is 30.0 Å². The van der Waals surface area contributed by atoms with E-state index in [1.54, 1.807) is 0 Å². The molecule has 0 saturated carbocycles. The highest BCUT2D eigenvalue weighted by molar-refractivity contribution is 8.13. The molecular weight excluding hydrogens is 905 g/mol. The molecule has 11 N–H and O–H groups in total. The van der Waals surface area contributed by atoms with E-state index in [9.17, 15) is 67.8 Å². The van der Waals surface area contributed by atoms with Gasteiger partial charge in [-0.05, 0) is 6.08 Å². The molecule has 28 nitrogen and oxygen atoms in total. The van der Waals surface area contributed by atoms with Crippen molar-refractivity contribution in [2.24, 2.45) is 5.41 Å². The molecule has 2 aromatic rings. The monoisotopic (exact) mass is 948 g/mol. The number of phosphoric ester groups is 3. The number of aliphatic hydroxyl groups is 3. The molecule has 340 valence electrons. The second kappa shape index (κ2) is 19.5. The summed E-state index contributed by atoms with van der Waals surface area (Å²) in [7, 11) is -16.5. The molecule has 32 heteroatoms. The molecule has 3 aliphatic heterocycles. The summed E-state index contributed by atoms with van der Waals surface area (Å²) in [5.74, 6) is -1.58. The van der Waals surface area contributed by atoms with E-state index in [0.717, 1.165) is 29.0 Å². The van der Waals surface area contributed by atoms with Crippen LogP contribution in [0.25, 0.3) is 11.2 Å². The van der Waals surface area contributed by atoms with Crippen molar-refractivity contribution in [2.75, 3.05) is 44.4 Å². The minimum absolute atomic E-state index is 0.0175. The Labute approximate surface area is 348 Å². The fourth-order valence-corrected chi connectivity index (χ4v) is 9.63. The van der Waals surface area contributed by atoms with Gasteiger partial charge in [0.25, 0.3) is 0 Å². The van der Waals surface area contributed by atoms with Gasteiger partial charge in [-0.15, -0.1) is 0 Å². The number of amides is 3. The zero-order valence-electron chi connectivity index (χ0n) is 31.9. The number of rotatable bonds is 21. The topological polar surface area (TPSA) is 413 Å². The molecule has 0 spiro atoms. The maximum Gasteiger partial charge on any atom is 0.481 e. The number of ether oxygens (including phenoxy) is 2. The largest absolute Gasteiger partial charge is 0.481 e. The predicted octanol–water partition coefficient (Wildman–Crippen LogP) is -2.50. The van der Waals surface area contributed by atoms with E-state index in [1.807, 2.05) is 0 Å². The summed E-state index contributed by atoms with van der Waals surface area (Å²) < 4.78 is 67.7. The third-order valence-electron chi connectivity index (χ3n) is 9.03. The Bertz CT molecular complexity index is 2160. The molecule has 7 unspecified atom stereocenters. The SMILES string of the molecule is CC(C)(COP(=O)(O)OP(=O)(O)OCC1OC(n2cnc3c(N)ncnc32)C(O)C1OP(=O)(O)O)C(O)C(=O)NCCC(=O)NCCSC(=O)[C@H]1/C(=C/CO)O[C@@H]2CC(=O)N21. The zero-order valence-corrected chi connectivity index (χ0v) is 35.4. The van der Waals surface area contributed by atoms with Gasteiger partial charge in [-0.2, -0.15) is 4.31 Å². The molecule has 3 saturated heterocycles. The van der Waals surface area contributed by atoms with Crippen molar-refractivity contribution in [2.45, 2.75) is 69.6 Å². The lowest BCUT2D eigenvalue weighted by molar-refractivity contribution is -0.158. The number of fused-ring (bicyclic) bond motifs is 2. The summed E-state index contributed by atoms with van der Waals surface area (Å²) in [6, 6.07) is -0.976. The van der Waals surface area contributed by atoms with E-state index < -0.39 is 102 Å². The minimum atomic E-state index is -5.60. The molecule has 5 heterocycles. The van der Waals surface area contributed by atoms with Crippen molar-refractivity contribution in [1.29, 1.82) is 0 Å². The van der Waals surface area contributed by atoms with E-state index in [1.165, 1.54) is 24.8 Å². The molecule has 0 aromatic carbocycles. The van der Waals surface area contributed by atoms with Crippen LogP contribution in [0.15, 0.2) is 24.5 Å². The van der Waals surface area contributed by atoms with Gasteiger partial charge in [-0.1, -0.05) is 25.6 Å². The number of hydrogen-bond acceptors (Lipinski definition) is 21. The number of nitrogen functional groups attached to an aromatic ring is 1. The maximum atomic E-state index is 12.7. The highest BCUT2D eigenvalue weighted by atomic mass is 32.2. The average Bonchev–Trinajstić information content (AvgIpc) is 3.82. The average molecular weight is 949 g/mol. The van der Waals surface area contributed by atoms with Gasteiger partial charge in [-0.25, -0.2) is 28.6 Å². The first-order chi connectivity index (χ1) is 28.4. The van der Waals surface area contributed by atoms with E-state index in [4.69, 9.17) is 24.3 Å². The van der Waals surface area contributed by atoms with Crippen LogP contribution in [-0.2, 0) is 60.2 Å². The van der Waals surface area contributed by atoms with Crippen LogP contribution in [0.5, 0.6) is 0 Å². The number of nitrogens with zero attached hydrogens (tertiary/aromatic N) is 5. The Hall–Kier alpha value is -3.47. The molecule has 0 bridgehead atoms. The number of anilines is 1. The van der Waals surface area contributed by atoms with Crippen LogP contribution in [0.2, 0.25) is 0 Å². The standard InChI is InChI=1S/C29H43N8O20P3S/c1-29(2,23(42)26(43)32-5-3-16(39)31-6-8-61-28(44)20-14(4-7-38)54-18-9-17(40)37(18)20)11-53-60(50,51)57-59(48,49)52-10-15-22(56-58(45,46)47)21(41)27(55-15)36-13-35-19-24(30)33-12-34-25(19)36/h4,12-13,15,18,20-23,27,38,41-42H,3,5-11H2,1-2H3,(H,31,39)(H,32,43)(H,48,49)(H,50,51)(H2,30,33,34)(H2,45,46,47)/b14-4-/t15?,18-,20-,21?,22?,23?,27?/m1/s1. The first-order valence-electron chi connectivity index (χ1n) is 17.8. The summed E-state index contributed by atoms with van der Waals surface area (Å²) in [5, 5.41) is 35.1. The van der Waals surface area contributed by atoms with Crippen molar-refractivity contribution in [3.05, 3.63) is 24.5 Å². The van der Waals surface area contributed by atoms with Crippen molar-refractivity contribution < 1.29 is 95.1 Å². The van der Waals surface area contributed by atoms with Gasteiger partial charge in [0.2, 0.25) is 22.8 Å². The van der Waals surface area contributed by atoms with Crippen molar-refractivity contribution in [1.82, 2.24) is 35.1 Å². The molecular formula is C29H43N8O20P3S. The number of thioether (sulfide) groups is 1. The lowest BCUT2D eigenvalue weighted by atomic mass is 9.87. The van der Waals surface area contributed by atoms with Gasteiger partial charge < -0.3 is 60.7 Å². The van der Waals surface area contributed by atoms with Gasteiger partial charge >= 0.3 is 23.5 Å². The van der Waals surface area contributed by atoms with Crippen LogP contribution in [0.1, 0.15) is 32.9 Å². The number of phosphoric acid groups is 3. The summed E-state index contributed by atoms with van der Waals surface area (Å²) in [6.45, 7) is -0.251. The van der Waals surface area contributed by atoms with Crippen LogP contribution < -0.4 is 16.4 Å². The van der Waals surface area contributed by atoms with Gasteiger partial charge in [0, 0.05) is 30.7 Å². The fourth-order valence-electron chi connectivity index (χ4n) is 6.01. The smallest absolute Gasteiger partial charge is 0.472 e. The molecule has 3 fully saturated rings. The number of nitrogens with two attached hydrogens (primary N) is 1. The quantitative estimate of drug-likeness (QED) is 0.0351. The number of imidazole rings is 1. The Morgan fingerprint density at radius 2 is 1.80 bits per heavy atom.